The zero-order valence-electron chi connectivity index (χ0n) is 12.8. The van der Waals surface area contributed by atoms with Crippen molar-refractivity contribution >= 4 is 5.78 Å². The molecule has 0 bridgehead atoms. The maximum Gasteiger partial charge on any atom is 0.231 e. The minimum atomic E-state index is 0.259. The SMILES string of the molecule is CCCCC#Cc1cc2c(cc1CCC(=O)CC)OCO2. The molecule has 1 aliphatic rings. The van der Waals surface area contributed by atoms with Crippen molar-refractivity contribution in [2.24, 2.45) is 0 Å². The maximum absolute atomic E-state index is 11.5. The Hall–Kier alpha value is -1.95. The van der Waals surface area contributed by atoms with Crippen LogP contribution < -0.4 is 9.47 Å². The number of rotatable bonds is 6. The minimum Gasteiger partial charge on any atom is -0.454 e. The summed E-state index contributed by atoms with van der Waals surface area (Å²) < 4.78 is 10.8. The van der Waals surface area contributed by atoms with Gasteiger partial charge >= 0.3 is 0 Å². The van der Waals surface area contributed by atoms with Gasteiger partial charge in [0.15, 0.2) is 11.5 Å². The summed E-state index contributed by atoms with van der Waals surface area (Å²) in [4.78, 5) is 11.5. The van der Waals surface area contributed by atoms with Crippen molar-refractivity contribution in [1.29, 1.82) is 0 Å². The van der Waals surface area contributed by atoms with Gasteiger partial charge in [-0.2, -0.15) is 0 Å². The number of fused-ring (bicyclic) bond motifs is 1. The summed E-state index contributed by atoms with van der Waals surface area (Å²) in [5.74, 6) is 8.21. The molecule has 1 aliphatic heterocycles. The Labute approximate surface area is 126 Å². The highest BCUT2D eigenvalue weighted by atomic mass is 16.7. The van der Waals surface area contributed by atoms with E-state index in [2.05, 4.69) is 18.8 Å². The van der Waals surface area contributed by atoms with E-state index >= 15 is 0 Å². The molecule has 0 amide bonds. The lowest BCUT2D eigenvalue weighted by Gasteiger charge is -2.06. The summed E-state index contributed by atoms with van der Waals surface area (Å²) in [6.07, 6.45) is 5.01. The van der Waals surface area contributed by atoms with Gasteiger partial charge in [-0.25, -0.2) is 0 Å². The van der Waals surface area contributed by atoms with Crippen molar-refractivity contribution in [1.82, 2.24) is 0 Å². The summed E-state index contributed by atoms with van der Waals surface area (Å²) in [5, 5.41) is 0. The Morgan fingerprint density at radius 2 is 2.00 bits per heavy atom. The standard InChI is InChI=1S/C18H22O3/c1-3-5-6-7-8-14-11-17-18(21-13-20-17)12-15(14)9-10-16(19)4-2/h11-12H,3-6,9-10,13H2,1-2H3. The van der Waals surface area contributed by atoms with Crippen molar-refractivity contribution in [3.63, 3.8) is 0 Å². The Morgan fingerprint density at radius 1 is 1.24 bits per heavy atom. The van der Waals surface area contributed by atoms with Crippen LogP contribution in [0.2, 0.25) is 0 Å². The van der Waals surface area contributed by atoms with Crippen LogP contribution >= 0.6 is 0 Å². The fourth-order valence-corrected chi connectivity index (χ4v) is 2.18. The highest BCUT2D eigenvalue weighted by molar-refractivity contribution is 5.78. The van der Waals surface area contributed by atoms with Crippen molar-refractivity contribution in [3.05, 3.63) is 23.3 Å². The lowest BCUT2D eigenvalue weighted by Crippen LogP contribution is -1.99. The zero-order chi connectivity index (χ0) is 15.1. The van der Waals surface area contributed by atoms with Gasteiger partial charge in [-0.1, -0.05) is 32.1 Å². The summed E-state index contributed by atoms with van der Waals surface area (Å²) >= 11 is 0. The number of unbranched alkanes of at least 4 members (excludes halogenated alkanes) is 2. The molecule has 0 spiro atoms. The number of benzene rings is 1. The van der Waals surface area contributed by atoms with E-state index in [1.807, 2.05) is 19.1 Å². The Balaban J connectivity index is 2.18. The average Bonchev–Trinajstić information content (AvgIpc) is 2.95. The molecule has 1 heterocycles. The van der Waals surface area contributed by atoms with Crippen molar-refractivity contribution < 1.29 is 14.3 Å². The molecule has 1 aromatic carbocycles. The molecule has 0 atom stereocenters. The number of carbonyl (C=O) groups is 1. The van der Waals surface area contributed by atoms with E-state index in [0.717, 1.165) is 41.9 Å². The van der Waals surface area contributed by atoms with Crippen LogP contribution in [0.25, 0.3) is 0 Å². The van der Waals surface area contributed by atoms with E-state index in [0.29, 0.717) is 19.3 Å². The Kier molecular flexibility index (Phi) is 5.68. The van der Waals surface area contributed by atoms with Gasteiger partial charge < -0.3 is 9.47 Å². The number of hydrogen-bond acceptors (Lipinski definition) is 3. The summed E-state index contributed by atoms with van der Waals surface area (Å²) in [7, 11) is 0. The monoisotopic (exact) mass is 286 g/mol. The van der Waals surface area contributed by atoms with Gasteiger partial charge in [0.05, 0.1) is 0 Å². The van der Waals surface area contributed by atoms with Gasteiger partial charge in [-0.05, 0) is 24.5 Å². The fraction of sp³-hybridized carbons (Fsp3) is 0.500. The van der Waals surface area contributed by atoms with E-state index in [1.54, 1.807) is 0 Å². The first-order valence-electron chi connectivity index (χ1n) is 7.67. The van der Waals surface area contributed by atoms with Gasteiger partial charge in [0.25, 0.3) is 0 Å². The number of hydrogen-bond donors (Lipinski definition) is 0. The number of ether oxygens (including phenoxy) is 2. The van der Waals surface area contributed by atoms with Gasteiger partial charge in [0, 0.05) is 30.9 Å². The second-order valence-electron chi connectivity index (χ2n) is 5.16. The summed E-state index contributed by atoms with van der Waals surface area (Å²) in [6.45, 7) is 4.31. The third-order valence-corrected chi connectivity index (χ3v) is 3.54. The normalized spacial score (nSPS) is 11.9. The number of Topliss-reactive ketones (excluding diaryl/α,β-unsaturated/α-hetero) is 1. The van der Waals surface area contributed by atoms with Crippen LogP contribution in [-0.4, -0.2) is 12.6 Å². The second-order valence-corrected chi connectivity index (χ2v) is 5.16. The molecule has 0 saturated carbocycles. The van der Waals surface area contributed by atoms with Crippen molar-refractivity contribution in [3.8, 4) is 23.3 Å². The van der Waals surface area contributed by atoms with E-state index in [1.165, 1.54) is 0 Å². The van der Waals surface area contributed by atoms with Crippen LogP contribution in [0.5, 0.6) is 11.5 Å². The summed E-state index contributed by atoms with van der Waals surface area (Å²) in [5.41, 5.74) is 2.03. The molecule has 112 valence electrons. The molecular weight excluding hydrogens is 264 g/mol. The minimum absolute atomic E-state index is 0.259. The van der Waals surface area contributed by atoms with Crippen LogP contribution in [0, 0.1) is 11.8 Å². The van der Waals surface area contributed by atoms with E-state index < -0.39 is 0 Å². The first-order valence-corrected chi connectivity index (χ1v) is 7.67. The third-order valence-electron chi connectivity index (χ3n) is 3.54. The first-order chi connectivity index (χ1) is 10.2. The third kappa shape index (κ3) is 4.26. The largest absolute Gasteiger partial charge is 0.454 e. The molecule has 0 N–H and O–H groups in total. The molecule has 0 aliphatic carbocycles. The van der Waals surface area contributed by atoms with Gasteiger partial charge in [0.2, 0.25) is 6.79 Å². The molecule has 3 heteroatoms. The molecule has 0 unspecified atom stereocenters. The molecule has 0 fully saturated rings. The number of carbonyl (C=O) groups excluding carboxylic acids is 1. The topological polar surface area (TPSA) is 35.5 Å². The second kappa shape index (κ2) is 7.73. The maximum atomic E-state index is 11.5. The molecular formula is C18H22O3. The van der Waals surface area contributed by atoms with Crippen LogP contribution in [0.15, 0.2) is 12.1 Å². The Bertz CT molecular complexity index is 564. The quantitative estimate of drug-likeness (QED) is 0.588. The van der Waals surface area contributed by atoms with Crippen LogP contribution in [-0.2, 0) is 11.2 Å². The van der Waals surface area contributed by atoms with E-state index in [-0.39, 0.29) is 12.6 Å². The van der Waals surface area contributed by atoms with Crippen LogP contribution in [0.1, 0.15) is 57.1 Å². The molecule has 0 aromatic heterocycles. The fourth-order valence-electron chi connectivity index (χ4n) is 2.18. The highest BCUT2D eigenvalue weighted by Crippen LogP contribution is 2.35. The van der Waals surface area contributed by atoms with E-state index in [4.69, 9.17) is 9.47 Å². The first kappa shape index (κ1) is 15.4. The number of aryl methyl sites for hydroxylation is 1. The van der Waals surface area contributed by atoms with E-state index in [9.17, 15) is 4.79 Å². The molecule has 0 radical (unpaired) electrons. The summed E-state index contributed by atoms with van der Waals surface area (Å²) in [6, 6.07) is 3.90. The van der Waals surface area contributed by atoms with Crippen molar-refractivity contribution in [2.45, 2.75) is 52.4 Å². The molecule has 21 heavy (non-hydrogen) atoms. The zero-order valence-corrected chi connectivity index (χ0v) is 12.8. The van der Waals surface area contributed by atoms with Gasteiger partial charge in [-0.15, -0.1) is 0 Å². The molecule has 3 nitrogen and oxygen atoms in total. The molecule has 0 saturated heterocycles. The Morgan fingerprint density at radius 3 is 2.71 bits per heavy atom. The van der Waals surface area contributed by atoms with Gasteiger partial charge in [0.1, 0.15) is 5.78 Å². The number of ketones is 1. The van der Waals surface area contributed by atoms with Crippen molar-refractivity contribution in [2.75, 3.05) is 6.79 Å². The molecule has 2 rings (SSSR count). The predicted molar refractivity (Wildman–Crippen MR) is 82.6 cm³/mol. The van der Waals surface area contributed by atoms with Crippen LogP contribution in [0.3, 0.4) is 0 Å². The molecule has 1 aromatic rings. The lowest BCUT2D eigenvalue weighted by atomic mass is 10.00. The van der Waals surface area contributed by atoms with Gasteiger partial charge in [-0.3, -0.25) is 4.79 Å². The predicted octanol–water partition coefficient (Wildman–Crippen LogP) is 3.87. The lowest BCUT2D eigenvalue weighted by molar-refractivity contribution is -0.118. The highest BCUT2D eigenvalue weighted by Gasteiger charge is 2.16. The van der Waals surface area contributed by atoms with Crippen LogP contribution in [0.4, 0.5) is 0 Å². The average molecular weight is 286 g/mol. The smallest absolute Gasteiger partial charge is 0.231 e.